The average molecular weight is 184 g/mol. The van der Waals surface area contributed by atoms with Crippen molar-refractivity contribution in [3.63, 3.8) is 0 Å². The zero-order valence-electron chi connectivity index (χ0n) is 7.52. The number of rotatable bonds is 1. The molecule has 1 aromatic heterocycles. The van der Waals surface area contributed by atoms with Crippen LogP contribution in [-0.4, -0.2) is 21.0 Å². The number of hydrogen-bond acceptors (Lipinski definition) is 3. The van der Waals surface area contributed by atoms with Gasteiger partial charge < -0.3 is 10.1 Å². The second-order valence-electron chi connectivity index (χ2n) is 2.58. The first kappa shape index (κ1) is 11.4. The fourth-order valence-electron chi connectivity index (χ4n) is 0.310. The van der Waals surface area contributed by atoms with Gasteiger partial charge in [0.15, 0.2) is 0 Å². The van der Waals surface area contributed by atoms with Gasteiger partial charge in [0, 0.05) is 12.4 Å². The first-order valence-electron chi connectivity index (χ1n) is 3.76. The van der Waals surface area contributed by atoms with Gasteiger partial charge in [0.05, 0.1) is 5.92 Å². The van der Waals surface area contributed by atoms with E-state index in [9.17, 15) is 9.59 Å². The second-order valence-corrected chi connectivity index (χ2v) is 2.58. The van der Waals surface area contributed by atoms with Crippen LogP contribution in [0.15, 0.2) is 23.3 Å². The van der Waals surface area contributed by atoms with E-state index in [2.05, 4.69) is 9.97 Å². The summed E-state index contributed by atoms with van der Waals surface area (Å²) in [5.74, 6) is -0.972. The lowest BCUT2D eigenvalue weighted by molar-refractivity contribution is -0.140. The standard InChI is InChI=1S/C4H4N2O.C4H8O2/c7-4-5-2-1-3-6-4;1-3(2)4(5)6/h1-3H,(H,5,6,7);3H,1-2H3,(H,5,6). The number of aromatic amines is 1. The molecule has 0 aliphatic heterocycles. The maximum Gasteiger partial charge on any atom is 0.344 e. The summed E-state index contributed by atoms with van der Waals surface area (Å²) < 4.78 is 0. The van der Waals surface area contributed by atoms with Crippen LogP contribution in [0.2, 0.25) is 0 Å². The Morgan fingerprint density at radius 3 is 2.31 bits per heavy atom. The van der Waals surface area contributed by atoms with E-state index in [1.807, 2.05) is 0 Å². The van der Waals surface area contributed by atoms with Crippen LogP contribution in [0.1, 0.15) is 13.8 Å². The van der Waals surface area contributed by atoms with Crippen LogP contribution < -0.4 is 5.69 Å². The summed E-state index contributed by atoms with van der Waals surface area (Å²) in [6.45, 7) is 3.28. The van der Waals surface area contributed by atoms with Crippen LogP contribution in [0, 0.1) is 5.92 Å². The lowest BCUT2D eigenvalue weighted by atomic mass is 10.2. The molecule has 0 saturated carbocycles. The van der Waals surface area contributed by atoms with Gasteiger partial charge in [0.1, 0.15) is 0 Å². The highest BCUT2D eigenvalue weighted by atomic mass is 16.4. The SMILES string of the molecule is CC(C)C(=O)O.O=c1nccc[nH]1. The Labute approximate surface area is 75.5 Å². The molecule has 0 bridgehead atoms. The van der Waals surface area contributed by atoms with Crippen molar-refractivity contribution in [2.45, 2.75) is 13.8 Å². The Balaban J connectivity index is 0.000000226. The zero-order chi connectivity index (χ0) is 10.3. The third-order valence-electron chi connectivity index (χ3n) is 1.07. The van der Waals surface area contributed by atoms with Gasteiger partial charge >= 0.3 is 11.7 Å². The molecule has 1 heterocycles. The van der Waals surface area contributed by atoms with E-state index in [0.717, 1.165) is 0 Å². The van der Waals surface area contributed by atoms with E-state index in [1.165, 1.54) is 12.4 Å². The number of carbonyl (C=O) groups is 1. The molecule has 5 nitrogen and oxygen atoms in total. The molecule has 1 aromatic rings. The Hall–Kier alpha value is -1.65. The van der Waals surface area contributed by atoms with Crippen LogP contribution in [0.3, 0.4) is 0 Å². The molecule has 5 heteroatoms. The number of carboxylic acids is 1. The molecule has 13 heavy (non-hydrogen) atoms. The minimum Gasteiger partial charge on any atom is -0.481 e. The Bertz CT molecular complexity index is 289. The van der Waals surface area contributed by atoms with Gasteiger partial charge in [-0.15, -0.1) is 0 Å². The van der Waals surface area contributed by atoms with Gasteiger partial charge in [0.2, 0.25) is 0 Å². The number of nitrogens with one attached hydrogen (secondary N) is 1. The predicted molar refractivity (Wildman–Crippen MR) is 47.3 cm³/mol. The van der Waals surface area contributed by atoms with Gasteiger partial charge in [-0.1, -0.05) is 13.8 Å². The van der Waals surface area contributed by atoms with Crippen molar-refractivity contribution in [1.82, 2.24) is 9.97 Å². The number of carboxylic acid groups (broad SMARTS) is 1. The Morgan fingerprint density at radius 2 is 2.15 bits per heavy atom. The summed E-state index contributed by atoms with van der Waals surface area (Å²) in [4.78, 5) is 25.5. The minimum absolute atomic E-state index is 0.231. The van der Waals surface area contributed by atoms with E-state index < -0.39 is 5.97 Å². The Kier molecular flexibility index (Phi) is 5.18. The summed E-state index contributed by atoms with van der Waals surface area (Å²) in [5.41, 5.74) is -0.303. The lowest BCUT2D eigenvalue weighted by Gasteiger charge is -1.89. The molecule has 0 atom stereocenters. The van der Waals surface area contributed by atoms with Crippen molar-refractivity contribution in [2.24, 2.45) is 5.92 Å². The molecule has 0 fully saturated rings. The molecule has 0 aromatic carbocycles. The van der Waals surface area contributed by atoms with Gasteiger partial charge in [-0.3, -0.25) is 4.79 Å². The normalized spacial score (nSPS) is 8.85. The average Bonchev–Trinajstić information content (AvgIpc) is 2.06. The third kappa shape index (κ3) is 6.74. The first-order chi connectivity index (χ1) is 6.04. The largest absolute Gasteiger partial charge is 0.481 e. The summed E-state index contributed by atoms with van der Waals surface area (Å²) >= 11 is 0. The molecule has 72 valence electrons. The highest BCUT2D eigenvalue weighted by Crippen LogP contribution is 1.87. The van der Waals surface area contributed by atoms with Crippen molar-refractivity contribution >= 4 is 5.97 Å². The van der Waals surface area contributed by atoms with Gasteiger partial charge in [0.25, 0.3) is 0 Å². The molecule has 0 saturated heterocycles. The van der Waals surface area contributed by atoms with Gasteiger partial charge in [-0.05, 0) is 6.07 Å². The van der Waals surface area contributed by atoms with Gasteiger partial charge in [-0.2, -0.15) is 0 Å². The van der Waals surface area contributed by atoms with Gasteiger partial charge in [-0.25, -0.2) is 9.78 Å². The summed E-state index contributed by atoms with van der Waals surface area (Å²) in [6.07, 6.45) is 2.98. The number of H-pyrrole nitrogens is 1. The second kappa shape index (κ2) is 5.93. The fraction of sp³-hybridized carbons (Fsp3) is 0.375. The lowest BCUT2D eigenvalue weighted by Crippen LogP contribution is -2.05. The number of nitrogens with zero attached hydrogens (tertiary/aromatic N) is 1. The smallest absolute Gasteiger partial charge is 0.344 e. The zero-order valence-corrected chi connectivity index (χ0v) is 7.52. The topological polar surface area (TPSA) is 83.0 Å². The number of aliphatic carboxylic acids is 1. The summed E-state index contributed by atoms with van der Waals surface area (Å²) in [7, 11) is 0. The maximum absolute atomic E-state index is 10.1. The molecular weight excluding hydrogens is 172 g/mol. The molecule has 1 rings (SSSR count). The van der Waals surface area contributed by atoms with Crippen LogP contribution in [0.5, 0.6) is 0 Å². The molecule has 0 radical (unpaired) electrons. The molecular formula is C8H12N2O3. The molecule has 0 aliphatic rings. The first-order valence-corrected chi connectivity index (χ1v) is 3.76. The van der Waals surface area contributed by atoms with E-state index in [-0.39, 0.29) is 11.6 Å². The fourth-order valence-corrected chi connectivity index (χ4v) is 0.310. The molecule has 0 unspecified atom stereocenters. The van der Waals surface area contributed by atoms with Crippen LogP contribution in [-0.2, 0) is 4.79 Å². The number of aromatic nitrogens is 2. The van der Waals surface area contributed by atoms with Crippen molar-refractivity contribution in [3.05, 3.63) is 28.9 Å². The molecule has 0 spiro atoms. The maximum atomic E-state index is 10.1. The van der Waals surface area contributed by atoms with Crippen molar-refractivity contribution in [2.75, 3.05) is 0 Å². The minimum atomic E-state index is -0.741. The van der Waals surface area contributed by atoms with E-state index >= 15 is 0 Å². The van der Waals surface area contributed by atoms with E-state index in [1.54, 1.807) is 19.9 Å². The molecule has 0 amide bonds. The summed E-state index contributed by atoms with van der Waals surface area (Å²) in [6, 6.07) is 1.65. The van der Waals surface area contributed by atoms with Crippen LogP contribution in [0.4, 0.5) is 0 Å². The van der Waals surface area contributed by atoms with Crippen molar-refractivity contribution in [3.8, 4) is 0 Å². The Morgan fingerprint density at radius 1 is 1.62 bits per heavy atom. The highest BCUT2D eigenvalue weighted by Gasteiger charge is 1.99. The monoisotopic (exact) mass is 184 g/mol. The van der Waals surface area contributed by atoms with E-state index in [0.29, 0.717) is 0 Å². The predicted octanol–water partition coefficient (Wildman–Crippen LogP) is 0.497. The van der Waals surface area contributed by atoms with Crippen molar-refractivity contribution < 1.29 is 9.90 Å². The molecule has 0 aliphatic carbocycles. The highest BCUT2D eigenvalue weighted by molar-refractivity contribution is 5.68. The number of hydrogen-bond donors (Lipinski definition) is 2. The third-order valence-corrected chi connectivity index (χ3v) is 1.07. The quantitative estimate of drug-likeness (QED) is 0.665. The molecule has 2 N–H and O–H groups in total. The van der Waals surface area contributed by atoms with Crippen LogP contribution >= 0.6 is 0 Å². The van der Waals surface area contributed by atoms with E-state index in [4.69, 9.17) is 5.11 Å². The van der Waals surface area contributed by atoms with Crippen molar-refractivity contribution in [1.29, 1.82) is 0 Å². The van der Waals surface area contributed by atoms with Crippen LogP contribution in [0.25, 0.3) is 0 Å². The summed E-state index contributed by atoms with van der Waals surface area (Å²) in [5, 5.41) is 7.99.